The lowest BCUT2D eigenvalue weighted by Crippen LogP contribution is -2.15. The fourth-order valence-corrected chi connectivity index (χ4v) is 2.22. The Morgan fingerprint density at radius 2 is 1.90 bits per heavy atom. The van der Waals surface area contributed by atoms with E-state index < -0.39 is 5.97 Å². The van der Waals surface area contributed by atoms with Crippen molar-refractivity contribution < 1.29 is 14.7 Å². The molecule has 0 spiro atoms. The quantitative estimate of drug-likeness (QED) is 0.562. The number of hydrogen-bond donors (Lipinski definition) is 3. The van der Waals surface area contributed by atoms with Gasteiger partial charge >= 0.3 is 5.97 Å². The van der Waals surface area contributed by atoms with Crippen molar-refractivity contribution in [2.24, 2.45) is 0 Å². The van der Waals surface area contributed by atoms with Gasteiger partial charge in [-0.1, -0.05) is 6.07 Å². The Balaban J connectivity index is 2.32. The molecule has 0 unspecified atom stereocenters. The van der Waals surface area contributed by atoms with Crippen LogP contribution in [0.15, 0.2) is 42.5 Å². The molecule has 0 aliphatic rings. The zero-order valence-electron chi connectivity index (χ0n) is 10.3. The van der Waals surface area contributed by atoms with Crippen molar-refractivity contribution in [2.75, 3.05) is 11.1 Å². The Labute approximate surface area is 128 Å². The minimum Gasteiger partial charge on any atom is -0.478 e. The minimum atomic E-state index is -1.12. The molecule has 0 saturated heterocycles. The number of benzene rings is 2. The third-order valence-corrected chi connectivity index (χ3v) is 3.28. The van der Waals surface area contributed by atoms with Crippen LogP contribution in [0.2, 0.25) is 0 Å². The highest BCUT2D eigenvalue weighted by Gasteiger charge is 2.14. The van der Waals surface area contributed by atoms with Crippen LogP contribution < -0.4 is 11.1 Å². The molecule has 0 saturated carbocycles. The van der Waals surface area contributed by atoms with E-state index >= 15 is 0 Å². The lowest BCUT2D eigenvalue weighted by atomic mass is 10.1. The van der Waals surface area contributed by atoms with Crippen molar-refractivity contribution in [2.45, 2.75) is 0 Å². The Bertz CT molecular complexity index is 686. The Morgan fingerprint density at radius 3 is 2.55 bits per heavy atom. The van der Waals surface area contributed by atoms with Crippen LogP contribution in [0.25, 0.3) is 0 Å². The Kier molecular flexibility index (Phi) is 4.23. The van der Waals surface area contributed by atoms with Gasteiger partial charge in [-0.05, 0) is 59.0 Å². The summed E-state index contributed by atoms with van der Waals surface area (Å²) in [5.74, 6) is -1.50. The van der Waals surface area contributed by atoms with Crippen LogP contribution in [0.5, 0.6) is 0 Å². The number of nitrogens with one attached hydrogen (secondary N) is 1. The number of rotatable bonds is 3. The number of nitrogens with two attached hydrogens (primary N) is 1. The van der Waals surface area contributed by atoms with Gasteiger partial charge < -0.3 is 16.2 Å². The van der Waals surface area contributed by atoms with Crippen LogP contribution in [0.4, 0.5) is 11.4 Å². The van der Waals surface area contributed by atoms with Crippen LogP contribution in [0.1, 0.15) is 20.7 Å². The number of carboxylic acids is 1. The highest BCUT2D eigenvalue weighted by Crippen LogP contribution is 2.20. The van der Waals surface area contributed by atoms with Crippen molar-refractivity contribution in [1.82, 2.24) is 0 Å². The highest BCUT2D eigenvalue weighted by molar-refractivity contribution is 14.1. The third-order valence-electron chi connectivity index (χ3n) is 2.61. The average molecular weight is 382 g/mol. The molecule has 0 aromatic heterocycles. The van der Waals surface area contributed by atoms with Gasteiger partial charge in [0.25, 0.3) is 5.91 Å². The number of hydrogen-bond acceptors (Lipinski definition) is 3. The smallest absolute Gasteiger partial charge is 0.337 e. The first-order chi connectivity index (χ1) is 9.47. The second kappa shape index (κ2) is 5.91. The summed E-state index contributed by atoms with van der Waals surface area (Å²) in [6.45, 7) is 0. The van der Waals surface area contributed by atoms with Gasteiger partial charge in [0.15, 0.2) is 0 Å². The van der Waals surface area contributed by atoms with Crippen LogP contribution in [0.3, 0.4) is 0 Å². The Hall–Kier alpha value is -2.09. The first kappa shape index (κ1) is 14.3. The number of halogens is 1. The van der Waals surface area contributed by atoms with Crippen molar-refractivity contribution in [3.8, 4) is 0 Å². The van der Waals surface area contributed by atoms with Gasteiger partial charge in [-0.25, -0.2) is 4.79 Å². The van der Waals surface area contributed by atoms with Crippen LogP contribution in [-0.2, 0) is 0 Å². The zero-order valence-corrected chi connectivity index (χ0v) is 12.4. The van der Waals surface area contributed by atoms with Crippen LogP contribution in [0, 0.1) is 3.57 Å². The van der Waals surface area contributed by atoms with E-state index in [0.717, 1.165) is 3.57 Å². The number of anilines is 2. The fraction of sp³-hybridized carbons (Fsp3) is 0. The monoisotopic (exact) mass is 382 g/mol. The average Bonchev–Trinajstić information content (AvgIpc) is 2.38. The molecule has 0 radical (unpaired) electrons. The number of amides is 1. The minimum absolute atomic E-state index is 0.00169. The number of carboxylic acid groups (broad SMARTS) is 1. The van der Waals surface area contributed by atoms with Gasteiger partial charge in [0.2, 0.25) is 0 Å². The van der Waals surface area contributed by atoms with E-state index in [0.29, 0.717) is 11.3 Å². The van der Waals surface area contributed by atoms with E-state index in [1.807, 2.05) is 6.07 Å². The summed E-state index contributed by atoms with van der Waals surface area (Å²) in [5, 5.41) is 11.7. The van der Waals surface area contributed by atoms with E-state index in [1.54, 1.807) is 18.2 Å². The van der Waals surface area contributed by atoms with E-state index in [2.05, 4.69) is 27.9 Å². The number of aromatic carboxylic acids is 1. The van der Waals surface area contributed by atoms with Gasteiger partial charge in [0, 0.05) is 14.8 Å². The molecular weight excluding hydrogens is 371 g/mol. The summed E-state index contributed by atoms with van der Waals surface area (Å²) in [5.41, 5.74) is 6.64. The van der Waals surface area contributed by atoms with E-state index in [-0.39, 0.29) is 17.2 Å². The van der Waals surface area contributed by atoms with Gasteiger partial charge in [0.05, 0.1) is 11.3 Å². The molecule has 2 aromatic rings. The lowest BCUT2D eigenvalue weighted by molar-refractivity contribution is 0.0698. The van der Waals surface area contributed by atoms with Gasteiger partial charge in [-0.3, -0.25) is 4.79 Å². The summed E-state index contributed by atoms with van der Waals surface area (Å²) < 4.78 is 0.918. The SMILES string of the molecule is Nc1ccc(C(=O)O)c(NC(=O)c2cccc(I)c2)c1. The molecule has 0 fully saturated rings. The number of carbonyl (C=O) groups excluding carboxylic acids is 1. The predicted molar refractivity (Wildman–Crippen MR) is 84.9 cm³/mol. The maximum Gasteiger partial charge on any atom is 0.337 e. The summed E-state index contributed by atoms with van der Waals surface area (Å²) in [6, 6.07) is 11.3. The largest absolute Gasteiger partial charge is 0.478 e. The molecule has 4 N–H and O–H groups in total. The van der Waals surface area contributed by atoms with Crippen molar-refractivity contribution in [3.05, 3.63) is 57.2 Å². The van der Waals surface area contributed by atoms with E-state index in [4.69, 9.17) is 10.8 Å². The standard InChI is InChI=1S/C14H11IN2O3/c15-9-3-1-2-8(6-9)13(18)17-12-7-10(16)4-5-11(12)14(19)20/h1-7H,16H2,(H,17,18)(H,19,20). The molecule has 0 atom stereocenters. The molecule has 0 aliphatic heterocycles. The van der Waals surface area contributed by atoms with Gasteiger partial charge in [-0.15, -0.1) is 0 Å². The summed E-state index contributed by atoms with van der Waals surface area (Å²) in [4.78, 5) is 23.2. The first-order valence-electron chi connectivity index (χ1n) is 5.67. The van der Waals surface area contributed by atoms with Crippen molar-refractivity contribution >= 4 is 45.8 Å². The number of nitrogen functional groups attached to an aromatic ring is 1. The molecule has 6 heteroatoms. The Morgan fingerprint density at radius 1 is 1.15 bits per heavy atom. The maximum atomic E-state index is 12.1. The van der Waals surface area contributed by atoms with Gasteiger partial charge in [0.1, 0.15) is 0 Å². The molecule has 2 rings (SSSR count). The van der Waals surface area contributed by atoms with E-state index in [9.17, 15) is 9.59 Å². The molecule has 1 amide bonds. The molecule has 2 aromatic carbocycles. The molecule has 102 valence electrons. The molecule has 0 aliphatic carbocycles. The summed E-state index contributed by atoms with van der Waals surface area (Å²) in [7, 11) is 0. The normalized spacial score (nSPS) is 10.1. The second-order valence-corrected chi connectivity index (χ2v) is 5.32. The lowest BCUT2D eigenvalue weighted by Gasteiger charge is -2.09. The van der Waals surface area contributed by atoms with E-state index in [1.165, 1.54) is 18.2 Å². The first-order valence-corrected chi connectivity index (χ1v) is 6.75. The molecule has 20 heavy (non-hydrogen) atoms. The molecule has 0 bridgehead atoms. The molecular formula is C14H11IN2O3. The van der Waals surface area contributed by atoms with Crippen LogP contribution in [-0.4, -0.2) is 17.0 Å². The number of carbonyl (C=O) groups is 2. The zero-order chi connectivity index (χ0) is 14.7. The molecule has 0 heterocycles. The van der Waals surface area contributed by atoms with Crippen LogP contribution >= 0.6 is 22.6 Å². The maximum absolute atomic E-state index is 12.1. The molecule has 5 nitrogen and oxygen atoms in total. The summed E-state index contributed by atoms with van der Waals surface area (Å²) in [6.07, 6.45) is 0. The predicted octanol–water partition coefficient (Wildman–Crippen LogP) is 2.82. The third kappa shape index (κ3) is 3.27. The second-order valence-electron chi connectivity index (χ2n) is 4.07. The topological polar surface area (TPSA) is 92.4 Å². The van der Waals surface area contributed by atoms with Crippen molar-refractivity contribution in [3.63, 3.8) is 0 Å². The fourth-order valence-electron chi connectivity index (χ4n) is 1.68. The van der Waals surface area contributed by atoms with Gasteiger partial charge in [-0.2, -0.15) is 0 Å². The highest BCUT2D eigenvalue weighted by atomic mass is 127. The van der Waals surface area contributed by atoms with Crippen molar-refractivity contribution in [1.29, 1.82) is 0 Å². The summed E-state index contributed by atoms with van der Waals surface area (Å²) >= 11 is 2.10.